The summed E-state index contributed by atoms with van der Waals surface area (Å²) >= 11 is 0. The van der Waals surface area contributed by atoms with E-state index in [4.69, 9.17) is 0 Å². The third-order valence-corrected chi connectivity index (χ3v) is 5.77. The molecule has 4 nitrogen and oxygen atoms in total. The van der Waals surface area contributed by atoms with Gasteiger partial charge in [0.15, 0.2) is 5.78 Å². The minimum Gasteiger partial charge on any atom is -0.293 e. The first-order valence-corrected chi connectivity index (χ1v) is 10.1. The van der Waals surface area contributed by atoms with Gasteiger partial charge in [0.2, 0.25) is 0 Å². The molecule has 150 valence electrons. The van der Waals surface area contributed by atoms with Crippen LogP contribution in [0.1, 0.15) is 35.2 Å². The number of hydrogen-bond donors (Lipinski definition) is 0. The molecule has 2 aromatic rings. The second-order valence-corrected chi connectivity index (χ2v) is 7.55. The zero-order valence-corrected chi connectivity index (χ0v) is 16.9. The molecule has 0 aliphatic carbocycles. The number of allylic oxidation sites excluding steroid dienone is 1. The standard InChI is InChI=1S/C26H25N3O/c1-2-16-26(25(30)22-11-7-4-8-12-22)17-13-23(14-18-27)29(24(26)15-19-28)20-21-9-5-3-6-10-21/h2-13,17,23-24H,1,14-16,20H2/t23-,24-,26?/m1/s1. The fraction of sp³-hybridized carbons (Fsp3) is 0.269. The summed E-state index contributed by atoms with van der Waals surface area (Å²) < 4.78 is 0. The normalized spacial score (nSPS) is 23.3. The monoisotopic (exact) mass is 395 g/mol. The third kappa shape index (κ3) is 4.25. The molecule has 3 atom stereocenters. The van der Waals surface area contributed by atoms with Crippen molar-refractivity contribution >= 4 is 5.78 Å². The number of nitrogens with zero attached hydrogens (tertiary/aromatic N) is 3. The van der Waals surface area contributed by atoms with Crippen LogP contribution >= 0.6 is 0 Å². The number of hydrogen-bond acceptors (Lipinski definition) is 4. The van der Waals surface area contributed by atoms with E-state index >= 15 is 0 Å². The summed E-state index contributed by atoms with van der Waals surface area (Å²) in [7, 11) is 0. The van der Waals surface area contributed by atoms with Crippen LogP contribution in [-0.4, -0.2) is 22.8 Å². The van der Waals surface area contributed by atoms with E-state index in [0.29, 0.717) is 24.9 Å². The topological polar surface area (TPSA) is 67.9 Å². The van der Waals surface area contributed by atoms with E-state index in [1.165, 1.54) is 0 Å². The van der Waals surface area contributed by atoms with Crippen LogP contribution in [0, 0.1) is 28.1 Å². The number of benzene rings is 2. The van der Waals surface area contributed by atoms with Gasteiger partial charge >= 0.3 is 0 Å². The summed E-state index contributed by atoms with van der Waals surface area (Å²) in [6.45, 7) is 4.46. The fourth-order valence-corrected chi connectivity index (χ4v) is 4.34. The van der Waals surface area contributed by atoms with Crippen LogP contribution in [0.15, 0.2) is 85.5 Å². The lowest BCUT2D eigenvalue weighted by Crippen LogP contribution is -2.56. The maximum absolute atomic E-state index is 13.8. The van der Waals surface area contributed by atoms with E-state index in [-0.39, 0.29) is 24.3 Å². The molecular formula is C26H25N3O. The molecule has 0 saturated heterocycles. The molecule has 0 bridgehead atoms. The Hall–Kier alpha value is -3.47. The van der Waals surface area contributed by atoms with Crippen LogP contribution in [0.5, 0.6) is 0 Å². The Morgan fingerprint density at radius 1 is 1.03 bits per heavy atom. The number of Topliss-reactive ketones (excluding diaryl/α,β-unsaturated/α-hetero) is 1. The molecule has 0 fully saturated rings. The van der Waals surface area contributed by atoms with E-state index in [0.717, 1.165) is 5.56 Å². The highest BCUT2D eigenvalue weighted by Crippen LogP contribution is 2.43. The Morgan fingerprint density at radius 2 is 1.67 bits per heavy atom. The molecule has 0 aromatic heterocycles. The molecular weight excluding hydrogens is 370 g/mol. The molecule has 1 unspecified atom stereocenters. The summed E-state index contributed by atoms with van der Waals surface area (Å²) in [4.78, 5) is 15.9. The van der Waals surface area contributed by atoms with Gasteiger partial charge in [0, 0.05) is 24.2 Å². The Labute approximate surface area is 178 Å². The van der Waals surface area contributed by atoms with Gasteiger partial charge in [0.1, 0.15) is 0 Å². The van der Waals surface area contributed by atoms with Crippen LogP contribution in [0.2, 0.25) is 0 Å². The molecule has 30 heavy (non-hydrogen) atoms. The summed E-state index contributed by atoms with van der Waals surface area (Å²) in [6.07, 6.45) is 6.55. The van der Waals surface area contributed by atoms with Gasteiger partial charge in [0.05, 0.1) is 30.4 Å². The van der Waals surface area contributed by atoms with Crippen molar-refractivity contribution in [2.75, 3.05) is 0 Å². The molecule has 0 N–H and O–H groups in total. The van der Waals surface area contributed by atoms with Gasteiger partial charge in [-0.3, -0.25) is 9.69 Å². The van der Waals surface area contributed by atoms with E-state index in [9.17, 15) is 15.3 Å². The largest absolute Gasteiger partial charge is 0.293 e. The fourth-order valence-electron chi connectivity index (χ4n) is 4.34. The minimum atomic E-state index is -0.903. The first kappa shape index (κ1) is 21.2. The quantitative estimate of drug-likeness (QED) is 0.462. The molecule has 2 aromatic carbocycles. The van der Waals surface area contributed by atoms with Crippen LogP contribution in [0.4, 0.5) is 0 Å². The van der Waals surface area contributed by atoms with Crippen LogP contribution in [-0.2, 0) is 6.54 Å². The van der Waals surface area contributed by atoms with Crippen molar-refractivity contribution in [3.05, 3.63) is 96.6 Å². The van der Waals surface area contributed by atoms with Crippen LogP contribution in [0.25, 0.3) is 0 Å². The van der Waals surface area contributed by atoms with Gasteiger partial charge in [-0.2, -0.15) is 10.5 Å². The third-order valence-electron chi connectivity index (χ3n) is 5.77. The highest BCUT2D eigenvalue weighted by Gasteiger charge is 2.49. The van der Waals surface area contributed by atoms with Crippen molar-refractivity contribution in [2.24, 2.45) is 5.41 Å². The lowest BCUT2D eigenvalue weighted by atomic mass is 9.67. The number of carbonyl (C=O) groups excluding carboxylic acids is 1. The van der Waals surface area contributed by atoms with Crippen molar-refractivity contribution in [3.8, 4) is 12.1 Å². The summed E-state index contributed by atoms with van der Waals surface area (Å²) in [5.74, 6) is -0.0204. The van der Waals surface area contributed by atoms with Crippen molar-refractivity contribution < 1.29 is 4.79 Å². The maximum atomic E-state index is 13.8. The zero-order valence-electron chi connectivity index (χ0n) is 16.9. The first-order valence-electron chi connectivity index (χ1n) is 10.1. The van der Waals surface area contributed by atoms with E-state index < -0.39 is 5.41 Å². The SMILES string of the molecule is C=CCC1(C(=O)c2ccccc2)C=C[C@H](CC#N)N(Cc2ccccc2)[C@@H]1CC#N. The zero-order chi connectivity index (χ0) is 21.4. The Morgan fingerprint density at radius 3 is 2.27 bits per heavy atom. The Bertz CT molecular complexity index is 984. The minimum absolute atomic E-state index is 0.0204. The number of rotatable bonds is 8. The van der Waals surface area contributed by atoms with Gasteiger partial charge in [-0.1, -0.05) is 78.9 Å². The predicted molar refractivity (Wildman–Crippen MR) is 117 cm³/mol. The van der Waals surface area contributed by atoms with Gasteiger partial charge in [-0.25, -0.2) is 0 Å². The highest BCUT2D eigenvalue weighted by molar-refractivity contribution is 6.02. The molecule has 0 radical (unpaired) electrons. The number of nitriles is 2. The Kier molecular flexibility index (Phi) is 6.96. The predicted octanol–water partition coefficient (Wildman–Crippen LogP) is 5.07. The molecule has 1 aliphatic rings. The lowest BCUT2D eigenvalue weighted by Gasteiger charge is -2.48. The van der Waals surface area contributed by atoms with Crippen molar-refractivity contribution in [1.82, 2.24) is 4.90 Å². The molecule has 0 amide bonds. The van der Waals surface area contributed by atoms with Gasteiger partial charge in [-0.15, -0.1) is 6.58 Å². The average Bonchev–Trinajstić information content (AvgIpc) is 2.78. The van der Waals surface area contributed by atoms with Gasteiger partial charge in [-0.05, 0) is 12.0 Å². The van der Waals surface area contributed by atoms with Crippen molar-refractivity contribution in [2.45, 2.75) is 37.9 Å². The van der Waals surface area contributed by atoms with Gasteiger partial charge < -0.3 is 0 Å². The second-order valence-electron chi connectivity index (χ2n) is 7.55. The van der Waals surface area contributed by atoms with E-state index in [1.54, 1.807) is 6.08 Å². The number of ketones is 1. The summed E-state index contributed by atoms with van der Waals surface area (Å²) in [5.41, 5.74) is 0.795. The molecule has 1 aliphatic heterocycles. The van der Waals surface area contributed by atoms with Gasteiger partial charge in [0.25, 0.3) is 0 Å². The van der Waals surface area contributed by atoms with E-state index in [2.05, 4.69) is 23.6 Å². The smallest absolute Gasteiger partial charge is 0.174 e. The van der Waals surface area contributed by atoms with E-state index in [1.807, 2.05) is 72.8 Å². The lowest BCUT2D eigenvalue weighted by molar-refractivity contribution is 0.0425. The molecule has 3 rings (SSSR count). The van der Waals surface area contributed by atoms with Crippen LogP contribution in [0.3, 0.4) is 0 Å². The summed E-state index contributed by atoms with van der Waals surface area (Å²) in [5, 5.41) is 19.0. The number of carbonyl (C=O) groups is 1. The van der Waals surface area contributed by atoms with Crippen LogP contribution < -0.4 is 0 Å². The molecule has 4 heteroatoms. The first-order chi connectivity index (χ1) is 14.7. The highest BCUT2D eigenvalue weighted by atomic mass is 16.1. The van der Waals surface area contributed by atoms with Crippen molar-refractivity contribution in [1.29, 1.82) is 10.5 Å². The molecule has 0 spiro atoms. The van der Waals surface area contributed by atoms with Crippen molar-refractivity contribution in [3.63, 3.8) is 0 Å². The second kappa shape index (κ2) is 9.83. The Balaban J connectivity index is 2.11. The summed E-state index contributed by atoms with van der Waals surface area (Å²) in [6, 6.07) is 23.2. The molecule has 0 saturated carbocycles. The molecule has 1 heterocycles. The average molecular weight is 396 g/mol. The maximum Gasteiger partial charge on any atom is 0.174 e.